The van der Waals surface area contributed by atoms with Gasteiger partial charge in [0.05, 0.1) is 24.9 Å². The number of halogens is 1. The first-order valence-corrected chi connectivity index (χ1v) is 11.5. The predicted octanol–water partition coefficient (Wildman–Crippen LogP) is 5.24. The highest BCUT2D eigenvalue weighted by Gasteiger charge is 2.48. The number of aliphatic hydroxyl groups is 1. The number of rotatable bonds is 7. The summed E-state index contributed by atoms with van der Waals surface area (Å²) in [5, 5.41) is 10.4. The first kappa shape index (κ1) is 25.5. The lowest BCUT2D eigenvalue weighted by atomic mass is 9.79. The molecule has 0 bridgehead atoms. The van der Waals surface area contributed by atoms with Gasteiger partial charge in [-0.2, -0.15) is 0 Å². The van der Waals surface area contributed by atoms with Crippen LogP contribution in [0.3, 0.4) is 0 Å². The lowest BCUT2D eigenvalue weighted by Gasteiger charge is -2.34. The maximum atomic E-state index is 13.0. The van der Waals surface area contributed by atoms with Gasteiger partial charge >= 0.3 is 0 Å². The van der Waals surface area contributed by atoms with E-state index in [1.807, 2.05) is 19.1 Å². The highest BCUT2D eigenvalue weighted by atomic mass is 35.5. The van der Waals surface area contributed by atoms with E-state index in [0.29, 0.717) is 28.8 Å². The third kappa shape index (κ3) is 4.88. The standard InChI is InChI=1S/C27H30ClNO5/c1-7-16(2)10-17(3)8-9-18-13-22-23(25(30)27(4,32)26(31)24(22)28)15-29(18)19-11-20(33-5)14-21(12-19)34-6/h8-16,32H,7H2,1-6H3/b9-8+,17-10+/t16-,27+/m0/s1. The fourth-order valence-corrected chi connectivity index (χ4v) is 4.10. The summed E-state index contributed by atoms with van der Waals surface area (Å²) in [5.41, 5.74) is 0.639. The van der Waals surface area contributed by atoms with E-state index in [9.17, 15) is 14.7 Å². The Morgan fingerprint density at radius 2 is 1.79 bits per heavy atom. The minimum Gasteiger partial charge on any atom is -0.497 e. The normalized spacial score (nSPS) is 22.0. The van der Waals surface area contributed by atoms with Gasteiger partial charge in [0.25, 0.3) is 0 Å². The van der Waals surface area contributed by atoms with Gasteiger partial charge in [-0.1, -0.05) is 49.6 Å². The fraction of sp³-hybridized carbons (Fsp3) is 0.333. The number of benzene rings is 1. The number of methoxy groups -OCH3 is 2. The number of carbonyl (C=O) groups excluding carboxylic acids is 2. The lowest BCUT2D eigenvalue weighted by molar-refractivity contribution is -0.144. The molecule has 6 nitrogen and oxygen atoms in total. The quantitative estimate of drug-likeness (QED) is 0.422. The summed E-state index contributed by atoms with van der Waals surface area (Å²) in [4.78, 5) is 27.4. The molecule has 0 spiro atoms. The molecule has 1 N–H and O–H groups in total. The maximum Gasteiger partial charge on any atom is 0.214 e. The molecule has 1 aliphatic heterocycles. The van der Waals surface area contributed by atoms with Crippen LogP contribution in [0.15, 0.2) is 76.2 Å². The van der Waals surface area contributed by atoms with Crippen molar-refractivity contribution in [2.75, 3.05) is 19.1 Å². The minimum atomic E-state index is -2.22. The Morgan fingerprint density at radius 1 is 1.18 bits per heavy atom. The zero-order valence-corrected chi connectivity index (χ0v) is 21.1. The summed E-state index contributed by atoms with van der Waals surface area (Å²) in [5.74, 6) is 0.0585. The molecular weight excluding hydrogens is 454 g/mol. The molecule has 3 rings (SSSR count). The van der Waals surface area contributed by atoms with Gasteiger partial charge in [0.15, 0.2) is 5.60 Å². The number of anilines is 1. The Kier molecular flexibility index (Phi) is 7.54. The first-order valence-electron chi connectivity index (χ1n) is 11.1. The van der Waals surface area contributed by atoms with Crippen LogP contribution < -0.4 is 14.4 Å². The van der Waals surface area contributed by atoms with E-state index >= 15 is 0 Å². The molecule has 0 unspecified atom stereocenters. The van der Waals surface area contributed by atoms with E-state index in [4.69, 9.17) is 21.1 Å². The third-order valence-electron chi connectivity index (χ3n) is 6.01. The van der Waals surface area contributed by atoms with Crippen molar-refractivity contribution in [2.24, 2.45) is 5.92 Å². The van der Waals surface area contributed by atoms with Crippen molar-refractivity contribution in [2.45, 2.75) is 39.7 Å². The molecule has 0 amide bonds. The van der Waals surface area contributed by atoms with E-state index in [-0.39, 0.29) is 16.2 Å². The van der Waals surface area contributed by atoms with Crippen molar-refractivity contribution in [3.05, 3.63) is 76.2 Å². The second kappa shape index (κ2) is 10.0. The van der Waals surface area contributed by atoms with Crippen LogP contribution in [0.25, 0.3) is 0 Å². The molecule has 180 valence electrons. The highest BCUT2D eigenvalue weighted by molar-refractivity contribution is 6.49. The Bertz CT molecular complexity index is 1150. The Labute approximate surface area is 205 Å². The van der Waals surface area contributed by atoms with Gasteiger partial charge in [-0.3, -0.25) is 9.59 Å². The van der Waals surface area contributed by atoms with Crippen molar-refractivity contribution in [3.8, 4) is 11.5 Å². The largest absolute Gasteiger partial charge is 0.497 e. The van der Waals surface area contributed by atoms with Gasteiger partial charge in [-0.15, -0.1) is 0 Å². The Balaban J connectivity index is 2.20. The molecular formula is C27H30ClNO5. The van der Waals surface area contributed by atoms with Crippen LogP contribution in [0, 0.1) is 5.92 Å². The maximum absolute atomic E-state index is 13.0. The summed E-state index contributed by atoms with van der Waals surface area (Å²) >= 11 is 6.33. The second-order valence-electron chi connectivity index (χ2n) is 8.64. The molecule has 34 heavy (non-hydrogen) atoms. The molecule has 1 aromatic carbocycles. The number of hydrogen-bond donors (Lipinski definition) is 1. The Hall–Kier alpha value is -3.09. The summed E-state index contributed by atoms with van der Waals surface area (Å²) in [7, 11) is 3.11. The lowest BCUT2D eigenvalue weighted by Crippen LogP contribution is -2.49. The zero-order valence-electron chi connectivity index (χ0n) is 20.3. The predicted molar refractivity (Wildman–Crippen MR) is 134 cm³/mol. The minimum absolute atomic E-state index is 0.153. The van der Waals surface area contributed by atoms with Crippen LogP contribution >= 0.6 is 11.6 Å². The summed E-state index contributed by atoms with van der Waals surface area (Å²) in [6.45, 7) is 7.46. The molecule has 1 heterocycles. The first-order chi connectivity index (χ1) is 16.0. The van der Waals surface area contributed by atoms with Crippen molar-refractivity contribution in [3.63, 3.8) is 0 Å². The topological polar surface area (TPSA) is 76.1 Å². The van der Waals surface area contributed by atoms with Crippen molar-refractivity contribution < 1.29 is 24.2 Å². The third-order valence-corrected chi connectivity index (χ3v) is 6.38. The summed E-state index contributed by atoms with van der Waals surface area (Å²) < 4.78 is 10.8. The number of fused-ring (bicyclic) bond motifs is 1. The average molecular weight is 484 g/mol. The molecule has 7 heteroatoms. The van der Waals surface area contributed by atoms with Crippen LogP contribution in [0.2, 0.25) is 0 Å². The number of ketones is 2. The van der Waals surface area contributed by atoms with Crippen LogP contribution in [0.5, 0.6) is 11.5 Å². The molecule has 0 radical (unpaired) electrons. The van der Waals surface area contributed by atoms with Crippen LogP contribution in [-0.2, 0) is 9.59 Å². The van der Waals surface area contributed by atoms with Crippen LogP contribution in [-0.4, -0.2) is 36.5 Å². The summed E-state index contributed by atoms with van der Waals surface area (Å²) in [6, 6.07) is 5.35. The monoisotopic (exact) mass is 483 g/mol. The molecule has 0 saturated carbocycles. The smallest absolute Gasteiger partial charge is 0.214 e. The number of carbonyl (C=O) groups is 2. The Morgan fingerprint density at radius 3 is 2.35 bits per heavy atom. The molecule has 2 atom stereocenters. The molecule has 0 aromatic heterocycles. The van der Waals surface area contributed by atoms with E-state index in [2.05, 4.69) is 19.9 Å². The molecule has 2 aliphatic rings. The van der Waals surface area contributed by atoms with Gasteiger partial charge in [0, 0.05) is 41.2 Å². The molecule has 1 aliphatic carbocycles. The fourth-order valence-electron chi connectivity index (χ4n) is 3.75. The van der Waals surface area contributed by atoms with Gasteiger partial charge < -0.3 is 19.5 Å². The van der Waals surface area contributed by atoms with E-state index in [1.165, 1.54) is 6.92 Å². The number of allylic oxidation sites excluding steroid dienone is 6. The van der Waals surface area contributed by atoms with E-state index in [0.717, 1.165) is 12.0 Å². The molecule has 1 aromatic rings. The molecule has 0 fully saturated rings. The number of hydrogen-bond acceptors (Lipinski definition) is 6. The number of Topliss-reactive ketones (excluding diaryl/α,β-unsaturated/α-hetero) is 2. The van der Waals surface area contributed by atoms with Crippen LogP contribution in [0.4, 0.5) is 5.69 Å². The van der Waals surface area contributed by atoms with Gasteiger partial charge in [0.2, 0.25) is 11.6 Å². The van der Waals surface area contributed by atoms with Crippen molar-refractivity contribution in [1.82, 2.24) is 0 Å². The molecule has 0 saturated heterocycles. The van der Waals surface area contributed by atoms with Crippen LogP contribution in [0.1, 0.15) is 34.1 Å². The van der Waals surface area contributed by atoms with E-state index < -0.39 is 17.2 Å². The van der Waals surface area contributed by atoms with Gasteiger partial charge in [-0.25, -0.2) is 0 Å². The van der Waals surface area contributed by atoms with Gasteiger partial charge in [0.1, 0.15) is 11.5 Å². The second-order valence-corrected chi connectivity index (χ2v) is 9.02. The van der Waals surface area contributed by atoms with Crippen molar-refractivity contribution >= 4 is 28.9 Å². The average Bonchev–Trinajstić information content (AvgIpc) is 2.84. The number of nitrogens with zero attached hydrogens (tertiary/aromatic N) is 1. The zero-order chi connectivity index (χ0) is 25.2. The number of ether oxygens (including phenoxy) is 2. The van der Waals surface area contributed by atoms with E-state index in [1.54, 1.807) is 49.6 Å². The highest BCUT2D eigenvalue weighted by Crippen LogP contribution is 2.40. The SMILES string of the molecule is CC[C@H](C)/C=C(C)/C=C/C1=CC2=C(Cl)C(=O)[C@](C)(O)C(=O)C2=CN1c1cc(OC)cc(OC)c1. The summed E-state index contributed by atoms with van der Waals surface area (Å²) in [6.07, 6.45) is 10.3. The van der Waals surface area contributed by atoms with Gasteiger partial charge in [-0.05, 0) is 31.9 Å². The van der Waals surface area contributed by atoms with Crippen molar-refractivity contribution in [1.29, 1.82) is 0 Å².